The number of aromatic nitrogens is 2. The molecule has 0 spiro atoms. The number of hydrogen-bond acceptors (Lipinski definition) is 6. The van der Waals surface area contributed by atoms with Gasteiger partial charge < -0.3 is 9.47 Å². The number of alkyl halides is 3. The molecule has 37 heavy (non-hydrogen) atoms. The Hall–Kier alpha value is -4.18. The average Bonchev–Trinajstić information content (AvgIpc) is 2.88. The van der Waals surface area contributed by atoms with Gasteiger partial charge in [-0.2, -0.15) is 22.9 Å². The summed E-state index contributed by atoms with van der Waals surface area (Å²) in [5.74, 6) is -0.415. The third-order valence-corrected chi connectivity index (χ3v) is 5.61. The summed E-state index contributed by atoms with van der Waals surface area (Å²) in [6, 6.07) is 15.6. The molecule has 0 amide bonds. The number of benzene rings is 3. The Labute approximate surface area is 213 Å². The molecule has 0 aliphatic carbocycles. The Morgan fingerprint density at radius 2 is 1.86 bits per heavy atom. The highest BCUT2D eigenvalue weighted by molar-refractivity contribution is 6.32. The zero-order chi connectivity index (χ0) is 26.7. The maximum atomic E-state index is 13.3. The van der Waals surface area contributed by atoms with Crippen LogP contribution in [0.1, 0.15) is 18.1 Å². The molecule has 190 valence electrons. The van der Waals surface area contributed by atoms with E-state index in [9.17, 15) is 22.8 Å². The summed E-state index contributed by atoms with van der Waals surface area (Å²) in [5, 5.41) is 4.64. The summed E-state index contributed by atoms with van der Waals surface area (Å²) in [7, 11) is 1.24. The van der Waals surface area contributed by atoms with Crippen LogP contribution in [-0.2, 0) is 15.7 Å². The van der Waals surface area contributed by atoms with Gasteiger partial charge in [-0.1, -0.05) is 35.9 Å². The van der Waals surface area contributed by atoms with Crippen molar-refractivity contribution in [1.29, 1.82) is 0 Å². The van der Waals surface area contributed by atoms with Gasteiger partial charge >= 0.3 is 12.1 Å². The van der Waals surface area contributed by atoms with E-state index in [1.54, 1.807) is 30.3 Å². The van der Waals surface area contributed by atoms with Crippen LogP contribution in [-0.4, -0.2) is 35.1 Å². The molecule has 0 saturated carbocycles. The molecule has 1 aromatic heterocycles. The first kappa shape index (κ1) is 25.9. The van der Waals surface area contributed by atoms with Gasteiger partial charge in [0.05, 0.1) is 34.8 Å². The number of fused-ring (bicyclic) bond motifs is 1. The first-order valence-corrected chi connectivity index (χ1v) is 11.2. The molecule has 0 radical (unpaired) electrons. The molecule has 0 bridgehead atoms. The first-order valence-electron chi connectivity index (χ1n) is 10.9. The van der Waals surface area contributed by atoms with E-state index in [2.05, 4.69) is 14.8 Å². The highest BCUT2D eigenvalue weighted by Gasteiger charge is 2.31. The van der Waals surface area contributed by atoms with E-state index in [-0.39, 0.29) is 27.5 Å². The summed E-state index contributed by atoms with van der Waals surface area (Å²) in [6.07, 6.45) is -4.15. The van der Waals surface area contributed by atoms with Gasteiger partial charge in [0, 0.05) is 5.56 Å². The van der Waals surface area contributed by atoms with Crippen molar-refractivity contribution in [1.82, 2.24) is 9.66 Å². The van der Waals surface area contributed by atoms with Crippen LogP contribution in [0.15, 0.2) is 76.6 Å². The first-order chi connectivity index (χ1) is 17.6. The topological polar surface area (TPSA) is 82.8 Å². The highest BCUT2D eigenvalue weighted by Crippen LogP contribution is 2.32. The summed E-state index contributed by atoms with van der Waals surface area (Å²) >= 11 is 6.27. The van der Waals surface area contributed by atoms with Crippen molar-refractivity contribution in [3.05, 3.63) is 93.2 Å². The van der Waals surface area contributed by atoms with E-state index in [1.165, 1.54) is 44.5 Å². The molecular formula is C26H19ClF3N3O4. The molecule has 0 fully saturated rings. The Bertz CT molecular complexity index is 1570. The monoisotopic (exact) mass is 529 g/mol. The Balaban J connectivity index is 1.77. The number of rotatable bonds is 6. The van der Waals surface area contributed by atoms with Crippen molar-refractivity contribution in [2.45, 2.75) is 19.2 Å². The van der Waals surface area contributed by atoms with Crippen LogP contribution in [0.2, 0.25) is 5.02 Å². The number of ether oxygens (including phenoxy) is 2. The standard InChI is InChI=1S/C26H19ClF3N3O4/c1-15(25(35)36-2)37-22-11-10-16(12-20(22)27)14-31-33-23(17-6-5-7-18(13-17)26(28,29)30)32-21-9-4-3-8-19(21)24(33)34/h3-15H,1-2H3/t15-/m0/s1. The number of halogens is 4. The molecule has 7 nitrogen and oxygen atoms in total. The lowest BCUT2D eigenvalue weighted by atomic mass is 10.1. The van der Waals surface area contributed by atoms with Gasteiger partial charge in [-0.25, -0.2) is 9.78 Å². The van der Waals surface area contributed by atoms with Crippen molar-refractivity contribution in [2.24, 2.45) is 5.10 Å². The smallest absolute Gasteiger partial charge is 0.416 e. The second-order valence-electron chi connectivity index (χ2n) is 7.87. The van der Waals surface area contributed by atoms with E-state index >= 15 is 0 Å². The minimum absolute atomic E-state index is 0.0633. The van der Waals surface area contributed by atoms with Crippen molar-refractivity contribution < 1.29 is 27.4 Å². The highest BCUT2D eigenvalue weighted by atomic mass is 35.5. The molecule has 3 aromatic carbocycles. The zero-order valence-electron chi connectivity index (χ0n) is 19.5. The van der Waals surface area contributed by atoms with Gasteiger partial charge in [-0.05, 0) is 55.0 Å². The van der Waals surface area contributed by atoms with Crippen molar-refractivity contribution in [2.75, 3.05) is 7.11 Å². The molecule has 11 heteroatoms. The lowest BCUT2D eigenvalue weighted by Crippen LogP contribution is -2.25. The van der Waals surface area contributed by atoms with E-state index in [0.717, 1.165) is 16.8 Å². The van der Waals surface area contributed by atoms with E-state index in [1.807, 2.05) is 0 Å². The average molecular weight is 530 g/mol. The Morgan fingerprint density at radius 3 is 2.57 bits per heavy atom. The Morgan fingerprint density at radius 1 is 1.11 bits per heavy atom. The van der Waals surface area contributed by atoms with E-state index in [0.29, 0.717) is 11.1 Å². The quantitative estimate of drug-likeness (QED) is 0.241. The number of carbonyl (C=O) groups excluding carboxylic acids is 1. The summed E-state index contributed by atoms with van der Waals surface area (Å²) in [6.45, 7) is 1.51. The molecule has 0 aliphatic rings. The maximum Gasteiger partial charge on any atom is 0.416 e. The fourth-order valence-corrected chi connectivity index (χ4v) is 3.71. The molecule has 4 aromatic rings. The van der Waals surface area contributed by atoms with Crippen molar-refractivity contribution in [3.8, 4) is 17.1 Å². The molecular weight excluding hydrogens is 511 g/mol. The largest absolute Gasteiger partial charge is 0.477 e. The third-order valence-electron chi connectivity index (χ3n) is 5.32. The fraction of sp³-hybridized carbons (Fsp3) is 0.154. The number of hydrogen-bond donors (Lipinski definition) is 0. The van der Waals surface area contributed by atoms with Gasteiger partial charge in [0.15, 0.2) is 11.9 Å². The van der Waals surface area contributed by atoms with Gasteiger partial charge in [0.25, 0.3) is 5.56 Å². The molecule has 1 heterocycles. The minimum atomic E-state index is -4.58. The second-order valence-corrected chi connectivity index (χ2v) is 8.27. The molecule has 0 saturated heterocycles. The van der Waals surface area contributed by atoms with Crippen molar-refractivity contribution >= 4 is 34.7 Å². The predicted octanol–water partition coefficient (Wildman–Crippen LogP) is 5.56. The molecule has 0 N–H and O–H groups in total. The van der Waals surface area contributed by atoms with E-state index < -0.39 is 29.4 Å². The maximum absolute atomic E-state index is 13.3. The Kier molecular flexibility index (Phi) is 7.30. The lowest BCUT2D eigenvalue weighted by molar-refractivity contribution is -0.147. The predicted molar refractivity (Wildman–Crippen MR) is 133 cm³/mol. The second kappa shape index (κ2) is 10.4. The lowest BCUT2D eigenvalue weighted by Gasteiger charge is -2.14. The summed E-state index contributed by atoms with van der Waals surface area (Å²) in [4.78, 5) is 29.3. The normalized spacial score (nSPS) is 12.6. The van der Waals surface area contributed by atoms with Gasteiger partial charge in [-0.3, -0.25) is 4.79 Å². The van der Waals surface area contributed by atoms with Crippen LogP contribution in [0.5, 0.6) is 5.75 Å². The van der Waals surface area contributed by atoms with Crippen LogP contribution >= 0.6 is 11.6 Å². The van der Waals surface area contributed by atoms with Crippen LogP contribution < -0.4 is 10.3 Å². The van der Waals surface area contributed by atoms with Crippen LogP contribution in [0.25, 0.3) is 22.3 Å². The van der Waals surface area contributed by atoms with Gasteiger partial charge in [0.2, 0.25) is 0 Å². The van der Waals surface area contributed by atoms with Gasteiger partial charge in [-0.15, -0.1) is 0 Å². The van der Waals surface area contributed by atoms with Crippen LogP contribution in [0.3, 0.4) is 0 Å². The zero-order valence-corrected chi connectivity index (χ0v) is 20.2. The number of methoxy groups -OCH3 is 1. The molecule has 4 rings (SSSR count). The van der Waals surface area contributed by atoms with E-state index in [4.69, 9.17) is 16.3 Å². The van der Waals surface area contributed by atoms with Crippen molar-refractivity contribution in [3.63, 3.8) is 0 Å². The number of carbonyl (C=O) groups is 1. The summed E-state index contributed by atoms with van der Waals surface area (Å²) in [5.41, 5.74) is -0.610. The third kappa shape index (κ3) is 5.64. The summed E-state index contributed by atoms with van der Waals surface area (Å²) < 4.78 is 51.1. The molecule has 1 atom stereocenters. The minimum Gasteiger partial charge on any atom is -0.477 e. The van der Waals surface area contributed by atoms with Crippen LogP contribution in [0, 0.1) is 0 Å². The number of esters is 1. The van der Waals surface area contributed by atoms with Crippen LogP contribution in [0.4, 0.5) is 13.2 Å². The fourth-order valence-electron chi connectivity index (χ4n) is 3.47. The molecule has 0 unspecified atom stereocenters. The number of nitrogens with zero attached hydrogens (tertiary/aromatic N) is 3. The molecule has 0 aliphatic heterocycles. The number of para-hydroxylation sites is 1. The SMILES string of the molecule is COC(=O)[C@H](C)Oc1ccc(C=Nn2c(-c3cccc(C(F)(F)F)c3)nc3ccccc3c2=O)cc1Cl. The van der Waals surface area contributed by atoms with Gasteiger partial charge in [0.1, 0.15) is 5.75 Å².